The summed E-state index contributed by atoms with van der Waals surface area (Å²) in [6.07, 6.45) is 7.07. The van der Waals surface area contributed by atoms with E-state index in [1.54, 1.807) is 0 Å². The van der Waals surface area contributed by atoms with Gasteiger partial charge in [-0.25, -0.2) is 4.79 Å². The molecule has 4 heteroatoms. The Morgan fingerprint density at radius 1 is 1.42 bits per heavy atom. The topological polar surface area (TPSA) is 59.1 Å². The molecule has 2 saturated heterocycles. The molecule has 0 aromatic carbocycles. The van der Waals surface area contributed by atoms with Gasteiger partial charge in [-0.2, -0.15) is 0 Å². The average molecular weight is 334 g/mol. The molecule has 2 aliphatic heterocycles. The zero-order chi connectivity index (χ0) is 17.5. The van der Waals surface area contributed by atoms with Crippen LogP contribution in [0.2, 0.25) is 0 Å². The maximum Gasteiger partial charge on any atom is 0.334 e. The quantitative estimate of drug-likeness (QED) is 0.319. The van der Waals surface area contributed by atoms with Crippen LogP contribution in [0.5, 0.6) is 0 Å². The lowest BCUT2D eigenvalue weighted by Gasteiger charge is -2.27. The van der Waals surface area contributed by atoms with Crippen LogP contribution in [0.15, 0.2) is 23.8 Å². The number of esters is 1. The van der Waals surface area contributed by atoms with E-state index in [1.807, 2.05) is 6.92 Å². The second-order valence-corrected chi connectivity index (χ2v) is 8.11. The predicted molar refractivity (Wildman–Crippen MR) is 92.4 cm³/mol. The average Bonchev–Trinajstić information content (AvgIpc) is 3.08. The number of hydrogen-bond acceptors (Lipinski definition) is 4. The van der Waals surface area contributed by atoms with Crippen LogP contribution in [-0.4, -0.2) is 35.0 Å². The van der Waals surface area contributed by atoms with E-state index in [0.29, 0.717) is 12.0 Å². The first-order chi connectivity index (χ1) is 11.3. The fourth-order valence-corrected chi connectivity index (χ4v) is 4.16. The van der Waals surface area contributed by atoms with Gasteiger partial charge in [-0.1, -0.05) is 25.2 Å². The summed E-state index contributed by atoms with van der Waals surface area (Å²) in [5, 5.41) is 10.7. The predicted octanol–water partition coefficient (Wildman–Crippen LogP) is 3.54. The molecule has 0 aromatic heterocycles. The van der Waals surface area contributed by atoms with E-state index in [0.717, 1.165) is 32.1 Å². The summed E-state index contributed by atoms with van der Waals surface area (Å²) in [6.45, 7) is 10.3. The zero-order valence-corrected chi connectivity index (χ0v) is 15.1. The molecule has 2 fully saturated rings. The van der Waals surface area contributed by atoms with E-state index in [9.17, 15) is 9.90 Å². The highest BCUT2D eigenvalue weighted by molar-refractivity contribution is 5.90. The number of rotatable bonds is 0. The van der Waals surface area contributed by atoms with E-state index < -0.39 is 12.2 Å². The molecule has 1 N–H and O–H groups in total. The molecule has 4 nitrogen and oxygen atoms in total. The van der Waals surface area contributed by atoms with Crippen molar-refractivity contribution in [1.29, 1.82) is 0 Å². The van der Waals surface area contributed by atoms with Crippen molar-refractivity contribution in [1.82, 2.24) is 0 Å². The van der Waals surface area contributed by atoms with Gasteiger partial charge in [0.05, 0.1) is 17.8 Å². The highest BCUT2D eigenvalue weighted by Crippen LogP contribution is 2.47. The summed E-state index contributed by atoms with van der Waals surface area (Å²) in [4.78, 5) is 12.0. The molecular formula is C20H30O4. The maximum absolute atomic E-state index is 12.0. The molecule has 24 heavy (non-hydrogen) atoms. The Balaban J connectivity index is 1.79. The molecule has 6 atom stereocenters. The summed E-state index contributed by atoms with van der Waals surface area (Å²) >= 11 is 0. The number of allylic oxidation sites excluding steroid dienone is 2. The van der Waals surface area contributed by atoms with E-state index >= 15 is 0 Å². The number of aliphatic hydroxyl groups is 1. The second kappa shape index (κ2) is 6.64. The highest BCUT2D eigenvalue weighted by Gasteiger charge is 2.55. The lowest BCUT2D eigenvalue weighted by Crippen LogP contribution is -2.37. The van der Waals surface area contributed by atoms with Crippen LogP contribution < -0.4 is 0 Å². The molecule has 134 valence electrons. The molecule has 0 bridgehead atoms. The largest absolute Gasteiger partial charge is 0.456 e. The number of carbonyl (C=O) groups is 1. The minimum Gasteiger partial charge on any atom is -0.456 e. The maximum atomic E-state index is 12.0. The minimum atomic E-state index is -0.643. The van der Waals surface area contributed by atoms with Crippen LogP contribution in [0.4, 0.5) is 0 Å². The number of epoxide rings is 1. The summed E-state index contributed by atoms with van der Waals surface area (Å²) in [5.74, 6) is -0.402. The van der Waals surface area contributed by atoms with Crippen LogP contribution in [-0.2, 0) is 14.3 Å². The molecule has 0 radical (unpaired) electrons. The summed E-state index contributed by atoms with van der Waals surface area (Å²) < 4.78 is 11.4. The van der Waals surface area contributed by atoms with Gasteiger partial charge < -0.3 is 14.6 Å². The number of fused-ring (bicyclic) bond motifs is 2. The van der Waals surface area contributed by atoms with Gasteiger partial charge in [0.15, 0.2) is 0 Å². The highest BCUT2D eigenvalue weighted by atomic mass is 16.6. The Labute approximate surface area is 144 Å². The molecule has 0 amide bonds. The van der Waals surface area contributed by atoms with E-state index in [2.05, 4.69) is 26.5 Å². The summed E-state index contributed by atoms with van der Waals surface area (Å²) in [7, 11) is 0. The van der Waals surface area contributed by atoms with Gasteiger partial charge in [0.2, 0.25) is 0 Å². The normalized spacial score (nSPS) is 46.2. The lowest BCUT2D eigenvalue weighted by molar-refractivity contribution is -0.146. The first kappa shape index (κ1) is 17.7. The molecule has 0 aromatic rings. The van der Waals surface area contributed by atoms with Crippen LogP contribution in [0.25, 0.3) is 0 Å². The van der Waals surface area contributed by atoms with Crippen LogP contribution in [0, 0.1) is 11.8 Å². The third-order valence-corrected chi connectivity index (χ3v) is 6.14. The SMILES string of the molecule is C=C1C(=O)O[C@H]2[C@H](O)[C@@H](C)CCC/C(C)=C/CCC3(C)O[C@H]3C[C@@H]12. The number of carbonyl (C=O) groups excluding carboxylic acids is 1. The first-order valence-corrected chi connectivity index (χ1v) is 9.23. The number of hydrogen-bond donors (Lipinski definition) is 1. The molecule has 0 spiro atoms. The standard InChI is InChI=1S/C20H30O4/c1-12-7-5-9-13(2)17(21)18-15(14(3)19(22)23-18)11-16-20(4,24-16)10-6-8-12/h8,13,15-18,21H,3,5-7,9-11H2,1-2,4H3/b12-8+/t13-,15-,16-,17+,18+,20?/m0/s1. The minimum absolute atomic E-state index is 0.0958. The van der Waals surface area contributed by atoms with Crippen molar-refractivity contribution < 1.29 is 19.4 Å². The van der Waals surface area contributed by atoms with Crippen LogP contribution in [0.1, 0.15) is 59.3 Å². The Morgan fingerprint density at radius 3 is 2.92 bits per heavy atom. The molecule has 1 unspecified atom stereocenters. The van der Waals surface area contributed by atoms with Crippen molar-refractivity contribution in [2.75, 3.05) is 0 Å². The summed E-state index contributed by atoms with van der Waals surface area (Å²) in [5.41, 5.74) is 1.79. The fourth-order valence-electron chi connectivity index (χ4n) is 4.16. The van der Waals surface area contributed by atoms with Gasteiger partial charge in [0.25, 0.3) is 0 Å². The Morgan fingerprint density at radius 2 is 2.17 bits per heavy atom. The van der Waals surface area contributed by atoms with Gasteiger partial charge >= 0.3 is 5.97 Å². The molecule has 1 aliphatic carbocycles. The van der Waals surface area contributed by atoms with Crippen molar-refractivity contribution in [2.45, 2.75) is 83.2 Å². The molecule has 3 rings (SSSR count). The second-order valence-electron chi connectivity index (χ2n) is 8.11. The Hall–Kier alpha value is -1.13. The Bertz CT molecular complexity index is 552. The number of aliphatic hydroxyl groups excluding tert-OH is 1. The zero-order valence-electron chi connectivity index (χ0n) is 15.1. The third kappa shape index (κ3) is 3.45. The van der Waals surface area contributed by atoms with E-state index in [1.165, 1.54) is 5.57 Å². The Kier molecular flexibility index (Phi) is 4.89. The van der Waals surface area contributed by atoms with E-state index in [-0.39, 0.29) is 29.5 Å². The summed E-state index contributed by atoms with van der Waals surface area (Å²) in [6, 6.07) is 0. The lowest BCUT2D eigenvalue weighted by atomic mass is 9.82. The van der Waals surface area contributed by atoms with Crippen molar-refractivity contribution in [3.05, 3.63) is 23.8 Å². The smallest absolute Gasteiger partial charge is 0.334 e. The van der Waals surface area contributed by atoms with Crippen LogP contribution >= 0.6 is 0 Å². The van der Waals surface area contributed by atoms with Crippen molar-refractivity contribution in [3.63, 3.8) is 0 Å². The van der Waals surface area contributed by atoms with Crippen molar-refractivity contribution in [3.8, 4) is 0 Å². The molecule has 2 heterocycles. The monoisotopic (exact) mass is 334 g/mol. The van der Waals surface area contributed by atoms with Gasteiger partial charge in [-0.05, 0) is 58.3 Å². The third-order valence-electron chi connectivity index (χ3n) is 6.14. The first-order valence-electron chi connectivity index (χ1n) is 9.23. The van der Waals surface area contributed by atoms with Crippen molar-refractivity contribution >= 4 is 5.97 Å². The van der Waals surface area contributed by atoms with Crippen LogP contribution in [0.3, 0.4) is 0 Å². The molecule has 3 aliphatic rings. The molecular weight excluding hydrogens is 304 g/mol. The number of ether oxygens (including phenoxy) is 2. The van der Waals surface area contributed by atoms with E-state index in [4.69, 9.17) is 9.47 Å². The fraction of sp³-hybridized carbons (Fsp3) is 0.750. The van der Waals surface area contributed by atoms with Crippen molar-refractivity contribution in [2.24, 2.45) is 11.8 Å². The molecule has 0 saturated carbocycles. The van der Waals surface area contributed by atoms with Gasteiger partial charge in [0, 0.05) is 11.5 Å². The van der Waals surface area contributed by atoms with Gasteiger partial charge in [0.1, 0.15) is 6.10 Å². The van der Waals surface area contributed by atoms with Gasteiger partial charge in [-0.15, -0.1) is 0 Å². The van der Waals surface area contributed by atoms with Gasteiger partial charge in [-0.3, -0.25) is 0 Å².